The predicted octanol–water partition coefficient (Wildman–Crippen LogP) is 4.43. The van der Waals surface area contributed by atoms with Gasteiger partial charge in [0.1, 0.15) is 11.6 Å². The molecule has 3 aromatic rings. The molecule has 3 rings (SSSR count). The summed E-state index contributed by atoms with van der Waals surface area (Å²) in [5.41, 5.74) is 1.81. The van der Waals surface area contributed by atoms with Crippen LogP contribution in [0.1, 0.15) is 34.5 Å². The second-order valence-electron chi connectivity index (χ2n) is 7.06. The van der Waals surface area contributed by atoms with Gasteiger partial charge in [-0.3, -0.25) is 9.52 Å². The number of benzene rings is 3. The Morgan fingerprint density at radius 2 is 1.65 bits per heavy atom. The van der Waals surface area contributed by atoms with E-state index in [1.807, 2.05) is 0 Å². The van der Waals surface area contributed by atoms with E-state index in [-0.39, 0.29) is 22.3 Å². The Hall–Kier alpha value is -3.39. The van der Waals surface area contributed by atoms with Gasteiger partial charge in [-0.1, -0.05) is 18.2 Å². The molecule has 31 heavy (non-hydrogen) atoms. The third-order valence-corrected chi connectivity index (χ3v) is 6.32. The maximum atomic E-state index is 13.1. The summed E-state index contributed by atoms with van der Waals surface area (Å²) in [6, 6.07) is 16.4. The second kappa shape index (κ2) is 9.18. The number of methoxy groups -OCH3 is 1. The van der Waals surface area contributed by atoms with Crippen LogP contribution in [0.4, 0.5) is 10.1 Å². The normalized spacial score (nSPS) is 12.1. The van der Waals surface area contributed by atoms with E-state index in [4.69, 9.17) is 4.74 Å². The average molecular weight is 443 g/mol. The number of carbonyl (C=O) groups is 1. The number of halogens is 1. The molecule has 8 heteroatoms. The van der Waals surface area contributed by atoms with E-state index in [1.165, 1.54) is 25.3 Å². The summed E-state index contributed by atoms with van der Waals surface area (Å²) in [7, 11) is -2.39. The van der Waals surface area contributed by atoms with Gasteiger partial charge in [0.25, 0.3) is 15.9 Å². The van der Waals surface area contributed by atoms with Gasteiger partial charge in [0.15, 0.2) is 0 Å². The summed E-state index contributed by atoms with van der Waals surface area (Å²) in [5, 5.41) is 2.80. The highest BCUT2D eigenvalue weighted by Gasteiger charge is 2.20. The summed E-state index contributed by atoms with van der Waals surface area (Å²) < 4.78 is 46.5. The zero-order valence-corrected chi connectivity index (χ0v) is 18.2. The van der Waals surface area contributed by atoms with E-state index in [0.29, 0.717) is 17.0 Å². The number of carbonyl (C=O) groups excluding carboxylic acids is 1. The number of amides is 1. The van der Waals surface area contributed by atoms with Crippen molar-refractivity contribution in [3.8, 4) is 5.75 Å². The number of rotatable bonds is 7. The lowest BCUT2D eigenvalue weighted by molar-refractivity contribution is 0.0939. The molecule has 1 amide bonds. The molecule has 1 atom stereocenters. The lowest BCUT2D eigenvalue weighted by Gasteiger charge is -2.16. The van der Waals surface area contributed by atoms with Crippen LogP contribution in [0.25, 0.3) is 0 Å². The van der Waals surface area contributed by atoms with Gasteiger partial charge in [-0.05, 0) is 73.5 Å². The minimum absolute atomic E-state index is 0.00500. The van der Waals surface area contributed by atoms with Crippen molar-refractivity contribution in [1.82, 2.24) is 5.32 Å². The predicted molar refractivity (Wildman–Crippen MR) is 117 cm³/mol. The lowest BCUT2D eigenvalue weighted by atomic mass is 10.1. The van der Waals surface area contributed by atoms with E-state index in [9.17, 15) is 17.6 Å². The van der Waals surface area contributed by atoms with Crippen molar-refractivity contribution in [2.75, 3.05) is 11.8 Å². The molecule has 3 aromatic carbocycles. The minimum Gasteiger partial charge on any atom is -0.497 e. The number of ether oxygens (including phenoxy) is 1. The van der Waals surface area contributed by atoms with Crippen LogP contribution >= 0.6 is 0 Å². The first-order chi connectivity index (χ1) is 14.7. The van der Waals surface area contributed by atoms with Gasteiger partial charge < -0.3 is 10.1 Å². The average Bonchev–Trinajstić information content (AvgIpc) is 2.74. The summed E-state index contributed by atoms with van der Waals surface area (Å²) in [6.07, 6.45) is 0. The summed E-state index contributed by atoms with van der Waals surface area (Å²) in [6.45, 7) is 3.42. The fourth-order valence-electron chi connectivity index (χ4n) is 3.01. The molecule has 0 spiro atoms. The van der Waals surface area contributed by atoms with Crippen molar-refractivity contribution in [2.24, 2.45) is 0 Å². The fourth-order valence-corrected chi connectivity index (χ4v) is 4.35. The zero-order valence-electron chi connectivity index (χ0n) is 17.3. The Morgan fingerprint density at radius 3 is 2.26 bits per heavy atom. The highest BCUT2D eigenvalue weighted by molar-refractivity contribution is 7.92. The second-order valence-corrected chi connectivity index (χ2v) is 8.71. The molecule has 0 aliphatic rings. The number of sulfonamides is 1. The van der Waals surface area contributed by atoms with Crippen molar-refractivity contribution >= 4 is 21.6 Å². The summed E-state index contributed by atoms with van der Waals surface area (Å²) >= 11 is 0. The Morgan fingerprint density at radius 1 is 1.00 bits per heavy atom. The van der Waals surface area contributed by atoms with Crippen LogP contribution in [0.15, 0.2) is 71.6 Å². The zero-order chi connectivity index (χ0) is 22.6. The molecule has 0 aliphatic heterocycles. The first-order valence-corrected chi connectivity index (χ1v) is 11.0. The van der Waals surface area contributed by atoms with Gasteiger partial charge in [-0.25, -0.2) is 12.8 Å². The SMILES string of the molecule is COc1ccc(NS(=O)(=O)c2cc(C(=O)NC(C)c3ccc(F)cc3)ccc2C)cc1. The maximum Gasteiger partial charge on any atom is 0.262 e. The number of nitrogens with one attached hydrogen (secondary N) is 2. The molecule has 0 radical (unpaired) electrons. The van der Waals surface area contributed by atoms with Crippen LogP contribution in [0, 0.1) is 12.7 Å². The first-order valence-electron chi connectivity index (χ1n) is 9.53. The molecule has 0 heterocycles. The van der Waals surface area contributed by atoms with E-state index in [0.717, 1.165) is 5.56 Å². The lowest BCUT2D eigenvalue weighted by Crippen LogP contribution is -2.27. The van der Waals surface area contributed by atoms with E-state index >= 15 is 0 Å². The topological polar surface area (TPSA) is 84.5 Å². The van der Waals surface area contributed by atoms with Crippen LogP contribution < -0.4 is 14.8 Å². The smallest absolute Gasteiger partial charge is 0.262 e. The molecule has 162 valence electrons. The molecule has 2 N–H and O–H groups in total. The Balaban J connectivity index is 1.81. The van der Waals surface area contributed by atoms with Gasteiger partial charge in [0, 0.05) is 11.3 Å². The quantitative estimate of drug-likeness (QED) is 0.567. The van der Waals surface area contributed by atoms with Gasteiger partial charge >= 0.3 is 0 Å². The molecule has 0 saturated heterocycles. The van der Waals surface area contributed by atoms with Gasteiger partial charge in [-0.15, -0.1) is 0 Å². The van der Waals surface area contributed by atoms with Crippen LogP contribution in [-0.2, 0) is 10.0 Å². The Kier molecular flexibility index (Phi) is 6.60. The Labute approximate surface area is 181 Å². The molecule has 0 bridgehead atoms. The number of hydrogen-bond acceptors (Lipinski definition) is 4. The Bertz CT molecular complexity index is 1180. The monoisotopic (exact) mass is 442 g/mol. The molecule has 0 aliphatic carbocycles. The molecule has 6 nitrogen and oxygen atoms in total. The largest absolute Gasteiger partial charge is 0.497 e. The van der Waals surface area contributed by atoms with Crippen molar-refractivity contribution in [3.05, 3.63) is 89.2 Å². The number of anilines is 1. The van der Waals surface area contributed by atoms with Crippen LogP contribution in [0.5, 0.6) is 5.75 Å². The molecular weight excluding hydrogens is 419 g/mol. The standard InChI is InChI=1S/C23H23FN2O4S/c1-15-4-5-18(23(27)25-16(2)17-6-8-19(24)9-7-17)14-22(15)31(28,29)26-20-10-12-21(30-3)13-11-20/h4-14,16,26H,1-3H3,(H,25,27). The highest BCUT2D eigenvalue weighted by Crippen LogP contribution is 2.23. The van der Waals surface area contributed by atoms with Crippen molar-refractivity contribution < 1.29 is 22.3 Å². The van der Waals surface area contributed by atoms with Crippen molar-refractivity contribution in [2.45, 2.75) is 24.8 Å². The molecular formula is C23H23FN2O4S. The summed E-state index contributed by atoms with van der Waals surface area (Å²) in [4.78, 5) is 12.7. The number of hydrogen-bond donors (Lipinski definition) is 2. The fraction of sp³-hybridized carbons (Fsp3) is 0.174. The molecule has 0 fully saturated rings. The summed E-state index contributed by atoms with van der Waals surface area (Å²) in [5.74, 6) is -0.189. The van der Waals surface area contributed by atoms with Crippen LogP contribution in [-0.4, -0.2) is 21.4 Å². The first kappa shape index (κ1) is 22.3. The van der Waals surface area contributed by atoms with Gasteiger partial charge in [-0.2, -0.15) is 0 Å². The molecule has 0 aromatic heterocycles. The number of aryl methyl sites for hydroxylation is 1. The van der Waals surface area contributed by atoms with Gasteiger partial charge in [0.05, 0.1) is 18.0 Å². The van der Waals surface area contributed by atoms with Crippen LogP contribution in [0.3, 0.4) is 0 Å². The van der Waals surface area contributed by atoms with Crippen molar-refractivity contribution in [1.29, 1.82) is 0 Å². The van der Waals surface area contributed by atoms with Gasteiger partial charge in [0.2, 0.25) is 0 Å². The van der Waals surface area contributed by atoms with E-state index in [2.05, 4.69) is 10.0 Å². The molecule has 1 unspecified atom stereocenters. The van der Waals surface area contributed by atoms with E-state index in [1.54, 1.807) is 62.4 Å². The van der Waals surface area contributed by atoms with Crippen LogP contribution in [0.2, 0.25) is 0 Å². The third-order valence-electron chi connectivity index (χ3n) is 4.80. The van der Waals surface area contributed by atoms with E-state index < -0.39 is 15.9 Å². The van der Waals surface area contributed by atoms with Crippen molar-refractivity contribution in [3.63, 3.8) is 0 Å². The highest BCUT2D eigenvalue weighted by atomic mass is 32.2. The minimum atomic E-state index is -3.92. The third kappa shape index (κ3) is 5.40. The molecule has 0 saturated carbocycles. The maximum absolute atomic E-state index is 13.1.